The lowest BCUT2D eigenvalue weighted by atomic mass is 10.1. The summed E-state index contributed by atoms with van der Waals surface area (Å²) in [5.74, 6) is -0.732. The summed E-state index contributed by atoms with van der Waals surface area (Å²) in [4.78, 5) is 37.1. The molecule has 0 aliphatic rings. The largest absolute Gasteiger partial charge is 0.484 e. The standard InChI is InChI=1S/C21H20Cl2N4O4S/c1-32-9-8-18(25-20(29)16-7-4-14(22)10-17(16)23)21(30)27-26-19(28)12-31-15-5-2-13(11-24)3-6-15/h2-7,10,18H,8-9,12H2,1H3,(H,25,29)(H,26,28)(H,27,30). The van der Waals surface area contributed by atoms with Crippen LogP contribution in [0.5, 0.6) is 5.75 Å². The van der Waals surface area contributed by atoms with E-state index in [0.29, 0.717) is 28.5 Å². The maximum atomic E-state index is 12.5. The number of benzene rings is 2. The van der Waals surface area contributed by atoms with Crippen molar-refractivity contribution in [3.8, 4) is 11.8 Å². The van der Waals surface area contributed by atoms with Gasteiger partial charge in [0.1, 0.15) is 11.8 Å². The van der Waals surface area contributed by atoms with E-state index < -0.39 is 23.8 Å². The van der Waals surface area contributed by atoms with E-state index in [9.17, 15) is 14.4 Å². The van der Waals surface area contributed by atoms with E-state index in [1.54, 1.807) is 24.3 Å². The van der Waals surface area contributed by atoms with Gasteiger partial charge in [-0.25, -0.2) is 0 Å². The maximum absolute atomic E-state index is 12.5. The SMILES string of the molecule is CSCCC(NC(=O)c1ccc(Cl)cc1Cl)C(=O)NNC(=O)COc1ccc(C#N)cc1. The third kappa shape index (κ3) is 7.96. The van der Waals surface area contributed by atoms with Gasteiger partial charge >= 0.3 is 0 Å². The van der Waals surface area contributed by atoms with Crippen LogP contribution in [-0.2, 0) is 9.59 Å². The van der Waals surface area contributed by atoms with E-state index in [0.717, 1.165) is 0 Å². The molecule has 0 radical (unpaired) electrons. The first-order valence-corrected chi connectivity index (χ1v) is 11.5. The van der Waals surface area contributed by atoms with E-state index in [-0.39, 0.29) is 17.2 Å². The summed E-state index contributed by atoms with van der Waals surface area (Å²) in [5, 5.41) is 11.9. The summed E-state index contributed by atoms with van der Waals surface area (Å²) in [6.07, 6.45) is 2.21. The highest BCUT2D eigenvalue weighted by molar-refractivity contribution is 7.98. The van der Waals surface area contributed by atoms with Gasteiger partial charge in [0.15, 0.2) is 6.61 Å². The van der Waals surface area contributed by atoms with E-state index in [1.165, 1.54) is 30.0 Å². The van der Waals surface area contributed by atoms with Crippen LogP contribution in [0, 0.1) is 11.3 Å². The lowest BCUT2D eigenvalue weighted by Crippen LogP contribution is -2.53. The zero-order valence-corrected chi connectivity index (χ0v) is 19.3. The van der Waals surface area contributed by atoms with Crippen LogP contribution in [0.2, 0.25) is 10.0 Å². The average Bonchev–Trinajstić information content (AvgIpc) is 2.78. The van der Waals surface area contributed by atoms with Crippen molar-refractivity contribution in [3.63, 3.8) is 0 Å². The Bertz CT molecular complexity index is 1010. The fraction of sp³-hybridized carbons (Fsp3) is 0.238. The number of halogens is 2. The van der Waals surface area contributed by atoms with Gasteiger partial charge in [-0.2, -0.15) is 17.0 Å². The maximum Gasteiger partial charge on any atom is 0.276 e. The molecule has 3 amide bonds. The molecule has 11 heteroatoms. The number of carbonyl (C=O) groups is 3. The monoisotopic (exact) mass is 494 g/mol. The van der Waals surface area contributed by atoms with Gasteiger partial charge < -0.3 is 10.1 Å². The van der Waals surface area contributed by atoms with Gasteiger partial charge in [-0.15, -0.1) is 0 Å². The number of carbonyl (C=O) groups excluding carboxylic acids is 3. The number of ether oxygens (including phenoxy) is 1. The van der Waals surface area contributed by atoms with Crippen molar-refractivity contribution in [1.82, 2.24) is 16.2 Å². The van der Waals surface area contributed by atoms with Crippen molar-refractivity contribution in [2.45, 2.75) is 12.5 Å². The van der Waals surface area contributed by atoms with Crippen LogP contribution < -0.4 is 20.9 Å². The van der Waals surface area contributed by atoms with Crippen molar-refractivity contribution in [2.75, 3.05) is 18.6 Å². The van der Waals surface area contributed by atoms with Crippen molar-refractivity contribution >= 4 is 52.7 Å². The Balaban J connectivity index is 1.89. The number of rotatable bonds is 9. The Kier molecular flexibility index (Phi) is 10.1. The number of nitriles is 1. The second kappa shape index (κ2) is 12.8. The molecular formula is C21H20Cl2N4O4S. The highest BCUT2D eigenvalue weighted by Crippen LogP contribution is 2.21. The Morgan fingerprint density at radius 1 is 1.12 bits per heavy atom. The molecule has 0 aromatic heterocycles. The number of thioether (sulfide) groups is 1. The van der Waals surface area contributed by atoms with Crippen LogP contribution in [0.4, 0.5) is 0 Å². The normalized spacial score (nSPS) is 11.1. The van der Waals surface area contributed by atoms with Crippen molar-refractivity contribution in [2.24, 2.45) is 0 Å². The molecule has 0 aliphatic heterocycles. The van der Waals surface area contributed by atoms with Crippen LogP contribution >= 0.6 is 35.0 Å². The lowest BCUT2D eigenvalue weighted by molar-refractivity contribution is -0.130. The fourth-order valence-electron chi connectivity index (χ4n) is 2.44. The summed E-state index contributed by atoms with van der Waals surface area (Å²) < 4.78 is 5.30. The number of hydrogen-bond donors (Lipinski definition) is 3. The first-order chi connectivity index (χ1) is 15.3. The molecule has 0 fully saturated rings. The molecule has 8 nitrogen and oxygen atoms in total. The minimum atomic E-state index is -0.901. The fourth-order valence-corrected chi connectivity index (χ4v) is 3.41. The van der Waals surface area contributed by atoms with E-state index in [4.69, 9.17) is 33.2 Å². The number of amides is 3. The molecule has 168 valence electrons. The molecule has 0 heterocycles. The third-order valence-electron chi connectivity index (χ3n) is 4.09. The molecule has 0 aliphatic carbocycles. The molecule has 2 rings (SSSR count). The zero-order valence-electron chi connectivity index (χ0n) is 17.0. The Hall–Kier alpha value is -2.93. The summed E-state index contributed by atoms with van der Waals surface area (Å²) in [5.41, 5.74) is 5.18. The lowest BCUT2D eigenvalue weighted by Gasteiger charge is -2.19. The van der Waals surface area contributed by atoms with Gasteiger partial charge in [0.05, 0.1) is 22.2 Å². The van der Waals surface area contributed by atoms with Crippen molar-refractivity contribution in [3.05, 3.63) is 63.6 Å². The van der Waals surface area contributed by atoms with Crippen molar-refractivity contribution in [1.29, 1.82) is 5.26 Å². The molecule has 0 saturated carbocycles. The first-order valence-electron chi connectivity index (χ1n) is 9.30. The Labute approximate surface area is 199 Å². The molecule has 2 aromatic carbocycles. The van der Waals surface area contributed by atoms with Gasteiger partial charge in [0.2, 0.25) is 0 Å². The number of hydrogen-bond acceptors (Lipinski definition) is 6. The molecule has 3 N–H and O–H groups in total. The first kappa shape index (κ1) is 25.3. The van der Waals surface area contributed by atoms with Crippen LogP contribution in [0.1, 0.15) is 22.3 Å². The quantitative estimate of drug-likeness (QED) is 0.460. The highest BCUT2D eigenvalue weighted by Gasteiger charge is 2.23. The summed E-state index contributed by atoms with van der Waals surface area (Å²) in [6, 6.07) is 11.7. The molecule has 0 bridgehead atoms. The van der Waals surface area contributed by atoms with Gasteiger partial charge in [0.25, 0.3) is 17.7 Å². The molecule has 1 atom stereocenters. The smallest absolute Gasteiger partial charge is 0.276 e. The summed E-state index contributed by atoms with van der Waals surface area (Å²) >= 11 is 13.4. The molecule has 2 aromatic rings. The Morgan fingerprint density at radius 3 is 2.47 bits per heavy atom. The van der Waals surface area contributed by atoms with Crippen LogP contribution in [0.15, 0.2) is 42.5 Å². The van der Waals surface area contributed by atoms with E-state index >= 15 is 0 Å². The zero-order chi connectivity index (χ0) is 23.5. The molecule has 0 saturated heterocycles. The van der Waals surface area contributed by atoms with Crippen LogP contribution in [-0.4, -0.2) is 42.4 Å². The minimum absolute atomic E-state index is 0.160. The number of nitrogens with one attached hydrogen (secondary N) is 3. The number of hydrazine groups is 1. The predicted octanol–water partition coefficient (Wildman–Crippen LogP) is 2.94. The average molecular weight is 495 g/mol. The van der Waals surface area contributed by atoms with Gasteiger partial charge in [0, 0.05) is 5.02 Å². The highest BCUT2D eigenvalue weighted by atomic mass is 35.5. The minimum Gasteiger partial charge on any atom is -0.484 e. The summed E-state index contributed by atoms with van der Waals surface area (Å²) in [6.45, 7) is -0.353. The van der Waals surface area contributed by atoms with Gasteiger partial charge in [-0.3, -0.25) is 25.2 Å². The second-order valence-corrected chi connectivity index (χ2v) is 8.22. The third-order valence-corrected chi connectivity index (χ3v) is 5.28. The molecule has 1 unspecified atom stereocenters. The number of nitrogens with zero attached hydrogens (tertiary/aromatic N) is 1. The topological polar surface area (TPSA) is 120 Å². The molecule has 32 heavy (non-hydrogen) atoms. The molecule has 0 spiro atoms. The van der Waals surface area contributed by atoms with Gasteiger partial charge in [-0.05, 0) is 60.9 Å². The van der Waals surface area contributed by atoms with E-state index in [1.807, 2.05) is 12.3 Å². The molecular weight excluding hydrogens is 475 g/mol. The summed E-state index contributed by atoms with van der Waals surface area (Å²) in [7, 11) is 0. The van der Waals surface area contributed by atoms with Gasteiger partial charge in [-0.1, -0.05) is 23.2 Å². The Morgan fingerprint density at radius 2 is 1.84 bits per heavy atom. The van der Waals surface area contributed by atoms with Crippen molar-refractivity contribution < 1.29 is 19.1 Å². The second-order valence-electron chi connectivity index (χ2n) is 6.39. The van der Waals surface area contributed by atoms with Crippen LogP contribution in [0.25, 0.3) is 0 Å². The van der Waals surface area contributed by atoms with Crippen LogP contribution in [0.3, 0.4) is 0 Å². The predicted molar refractivity (Wildman–Crippen MR) is 124 cm³/mol. The van der Waals surface area contributed by atoms with E-state index in [2.05, 4.69) is 16.2 Å².